The van der Waals surface area contributed by atoms with E-state index in [1.54, 1.807) is 42.5 Å². The van der Waals surface area contributed by atoms with E-state index in [-0.39, 0.29) is 11.6 Å². The topological polar surface area (TPSA) is 74.2 Å². The van der Waals surface area contributed by atoms with E-state index in [2.05, 4.69) is 66.1 Å². The Morgan fingerprint density at radius 2 is 1.82 bits per heavy atom. The van der Waals surface area contributed by atoms with Crippen LogP contribution in [0.15, 0.2) is 75.8 Å². The highest BCUT2D eigenvalue weighted by atomic mass is 127. The van der Waals surface area contributed by atoms with Gasteiger partial charge in [0.1, 0.15) is 0 Å². The zero-order valence-electron chi connectivity index (χ0n) is 17.0. The Balaban J connectivity index is 1.63. The lowest BCUT2D eigenvalue weighted by Gasteiger charge is -2.12. The van der Waals surface area contributed by atoms with E-state index in [1.165, 1.54) is 7.11 Å². The van der Waals surface area contributed by atoms with Gasteiger partial charge in [-0.3, -0.25) is 0 Å². The molecule has 0 saturated heterocycles. The summed E-state index contributed by atoms with van der Waals surface area (Å²) in [6.45, 7) is 0. The molecule has 1 heterocycles. The van der Waals surface area contributed by atoms with E-state index in [1.807, 2.05) is 24.3 Å². The van der Waals surface area contributed by atoms with Crippen LogP contribution in [0.3, 0.4) is 0 Å². The van der Waals surface area contributed by atoms with Crippen LogP contribution in [-0.2, 0) is 9.53 Å². The SMILES string of the molecule is COc1cc(/C=C2\N=C(c3ccc(I)c(Br)c3)OC2=O)cc(I)c1OC(=O)c1ccccc1. The molecule has 0 amide bonds. The van der Waals surface area contributed by atoms with Gasteiger partial charge in [-0.15, -0.1) is 0 Å². The van der Waals surface area contributed by atoms with Crippen LogP contribution < -0.4 is 9.47 Å². The fourth-order valence-corrected chi connectivity index (χ4v) is 4.42. The molecule has 6 nitrogen and oxygen atoms in total. The molecule has 0 saturated carbocycles. The molecule has 3 aromatic rings. The first-order valence-electron chi connectivity index (χ1n) is 9.48. The van der Waals surface area contributed by atoms with Crippen molar-refractivity contribution in [2.24, 2.45) is 4.99 Å². The Bertz CT molecular complexity index is 1320. The maximum Gasteiger partial charge on any atom is 0.363 e. The van der Waals surface area contributed by atoms with Gasteiger partial charge in [0.15, 0.2) is 17.2 Å². The number of carbonyl (C=O) groups excluding carboxylic acids is 2. The molecule has 33 heavy (non-hydrogen) atoms. The van der Waals surface area contributed by atoms with Gasteiger partial charge in [0.25, 0.3) is 0 Å². The molecule has 0 aromatic heterocycles. The van der Waals surface area contributed by atoms with Gasteiger partial charge in [-0.25, -0.2) is 14.6 Å². The lowest BCUT2D eigenvalue weighted by Crippen LogP contribution is -2.10. The molecular weight excluding hydrogens is 716 g/mol. The predicted molar refractivity (Wildman–Crippen MR) is 145 cm³/mol. The predicted octanol–water partition coefficient (Wildman–Crippen LogP) is 6.23. The first-order chi connectivity index (χ1) is 15.9. The van der Waals surface area contributed by atoms with Crippen LogP contribution in [0.1, 0.15) is 21.5 Å². The number of hydrogen-bond acceptors (Lipinski definition) is 6. The third-order valence-electron chi connectivity index (χ3n) is 4.55. The van der Waals surface area contributed by atoms with Crippen molar-refractivity contribution in [3.63, 3.8) is 0 Å². The molecule has 9 heteroatoms. The molecular formula is C24H14BrI2NO5. The second-order valence-electron chi connectivity index (χ2n) is 6.75. The molecule has 166 valence electrons. The summed E-state index contributed by atoms with van der Waals surface area (Å²) in [6, 6.07) is 17.7. The highest BCUT2D eigenvalue weighted by Gasteiger charge is 2.25. The number of cyclic esters (lactones) is 1. The second kappa shape index (κ2) is 10.3. The van der Waals surface area contributed by atoms with Gasteiger partial charge in [-0.2, -0.15) is 0 Å². The van der Waals surface area contributed by atoms with Gasteiger partial charge in [-0.1, -0.05) is 18.2 Å². The maximum atomic E-state index is 12.5. The Morgan fingerprint density at radius 3 is 2.52 bits per heavy atom. The fourth-order valence-electron chi connectivity index (χ4n) is 2.97. The van der Waals surface area contributed by atoms with Gasteiger partial charge in [0, 0.05) is 13.6 Å². The standard InChI is InChI=1S/C24H14BrI2NO5/c1-31-20-11-13(9-18(27)21(20)32-23(29)14-5-3-2-4-6-14)10-19-24(30)33-22(28-19)15-7-8-17(26)16(25)12-15/h2-12H,1H3/b19-10-. The fraction of sp³-hybridized carbons (Fsp3) is 0.0417. The number of methoxy groups -OCH3 is 1. The minimum absolute atomic E-state index is 0.159. The summed E-state index contributed by atoms with van der Waals surface area (Å²) >= 11 is 7.73. The van der Waals surface area contributed by atoms with E-state index in [4.69, 9.17) is 14.2 Å². The number of benzene rings is 3. The smallest absolute Gasteiger partial charge is 0.363 e. The summed E-state index contributed by atoms with van der Waals surface area (Å²) in [6.07, 6.45) is 1.60. The van der Waals surface area contributed by atoms with Crippen molar-refractivity contribution >= 4 is 85.0 Å². The normalized spacial score (nSPS) is 14.1. The summed E-state index contributed by atoms with van der Waals surface area (Å²) in [5.74, 6) is -0.145. The first kappa shape index (κ1) is 23.9. The Hall–Kier alpha value is -2.25. The molecule has 3 aromatic carbocycles. The molecule has 0 bridgehead atoms. The molecule has 0 radical (unpaired) electrons. The van der Waals surface area contributed by atoms with Crippen LogP contribution in [0.2, 0.25) is 0 Å². The number of halogens is 3. The molecule has 1 aliphatic heterocycles. The van der Waals surface area contributed by atoms with E-state index >= 15 is 0 Å². The van der Waals surface area contributed by atoms with Gasteiger partial charge in [-0.05, 0) is 115 Å². The number of hydrogen-bond donors (Lipinski definition) is 0. The number of nitrogens with zero attached hydrogens (tertiary/aromatic N) is 1. The summed E-state index contributed by atoms with van der Waals surface area (Å²) in [5.41, 5.74) is 1.93. The third-order valence-corrected chi connectivity index (χ3v) is 7.69. The van der Waals surface area contributed by atoms with Crippen LogP contribution in [-0.4, -0.2) is 24.9 Å². The Morgan fingerprint density at radius 1 is 1.06 bits per heavy atom. The average molecular weight is 730 g/mol. The molecule has 0 atom stereocenters. The zero-order valence-corrected chi connectivity index (χ0v) is 22.9. The maximum absolute atomic E-state index is 12.5. The summed E-state index contributed by atoms with van der Waals surface area (Å²) in [5, 5.41) is 0. The first-order valence-corrected chi connectivity index (χ1v) is 12.4. The third kappa shape index (κ3) is 5.46. The quantitative estimate of drug-likeness (QED) is 0.135. The van der Waals surface area contributed by atoms with Gasteiger partial charge >= 0.3 is 11.9 Å². The van der Waals surface area contributed by atoms with E-state index < -0.39 is 11.9 Å². The van der Waals surface area contributed by atoms with Crippen LogP contribution in [0.4, 0.5) is 0 Å². The molecule has 0 fully saturated rings. The Labute approximate surface area is 225 Å². The lowest BCUT2D eigenvalue weighted by molar-refractivity contribution is -0.129. The minimum atomic E-state index is -0.548. The van der Waals surface area contributed by atoms with E-state index in [0.717, 1.165) is 8.04 Å². The lowest BCUT2D eigenvalue weighted by atomic mass is 10.1. The number of esters is 2. The van der Waals surface area contributed by atoms with Crippen molar-refractivity contribution in [2.45, 2.75) is 0 Å². The number of carbonyl (C=O) groups is 2. The van der Waals surface area contributed by atoms with Gasteiger partial charge in [0.05, 0.1) is 16.2 Å². The van der Waals surface area contributed by atoms with E-state index in [9.17, 15) is 9.59 Å². The number of rotatable bonds is 5. The highest BCUT2D eigenvalue weighted by molar-refractivity contribution is 14.1. The van der Waals surface area contributed by atoms with Crippen molar-refractivity contribution in [1.82, 2.24) is 0 Å². The largest absolute Gasteiger partial charge is 0.493 e. The molecule has 0 N–H and O–H groups in total. The minimum Gasteiger partial charge on any atom is -0.493 e. The monoisotopic (exact) mass is 729 g/mol. The highest BCUT2D eigenvalue weighted by Crippen LogP contribution is 2.35. The number of ether oxygens (including phenoxy) is 3. The zero-order chi connectivity index (χ0) is 23.5. The summed E-state index contributed by atoms with van der Waals surface area (Å²) in [4.78, 5) is 29.2. The van der Waals surface area contributed by atoms with E-state index in [0.29, 0.717) is 31.8 Å². The molecule has 4 rings (SSSR count). The van der Waals surface area contributed by atoms with Crippen molar-refractivity contribution in [2.75, 3.05) is 7.11 Å². The molecule has 0 spiro atoms. The summed E-state index contributed by atoms with van der Waals surface area (Å²) in [7, 11) is 1.48. The van der Waals surface area contributed by atoms with Crippen LogP contribution >= 0.6 is 61.1 Å². The van der Waals surface area contributed by atoms with Crippen molar-refractivity contribution < 1.29 is 23.8 Å². The average Bonchev–Trinajstić information content (AvgIpc) is 3.17. The van der Waals surface area contributed by atoms with Crippen molar-refractivity contribution in [1.29, 1.82) is 0 Å². The molecule has 0 aliphatic carbocycles. The number of aliphatic imine (C=N–C) groups is 1. The second-order valence-corrected chi connectivity index (χ2v) is 9.93. The Kier molecular flexibility index (Phi) is 7.49. The molecule has 1 aliphatic rings. The van der Waals surface area contributed by atoms with Crippen LogP contribution in [0.5, 0.6) is 11.5 Å². The van der Waals surface area contributed by atoms with Crippen molar-refractivity contribution in [3.8, 4) is 11.5 Å². The van der Waals surface area contributed by atoms with Crippen molar-refractivity contribution in [3.05, 3.63) is 94.7 Å². The van der Waals surface area contributed by atoms with Gasteiger partial charge in [0.2, 0.25) is 5.90 Å². The molecule has 0 unspecified atom stereocenters. The van der Waals surface area contributed by atoms with Gasteiger partial charge < -0.3 is 14.2 Å². The summed E-state index contributed by atoms with van der Waals surface area (Å²) < 4.78 is 18.9. The van der Waals surface area contributed by atoms with Crippen LogP contribution in [0, 0.1) is 7.14 Å². The van der Waals surface area contributed by atoms with Crippen LogP contribution in [0.25, 0.3) is 6.08 Å².